The number of likely N-dealkylation sites (tertiary alicyclic amines) is 1. The van der Waals surface area contributed by atoms with Crippen molar-refractivity contribution < 1.29 is 8.83 Å². The molecule has 3 heterocycles. The maximum absolute atomic E-state index is 5.83. The number of benzene rings is 1. The van der Waals surface area contributed by atoms with Crippen LogP contribution in [-0.2, 0) is 6.54 Å². The highest BCUT2D eigenvalue weighted by molar-refractivity contribution is 5.49. The zero-order valence-electron chi connectivity index (χ0n) is 13.8. The molecule has 1 fully saturated rings. The quantitative estimate of drug-likeness (QED) is 0.726. The molecule has 0 spiro atoms. The van der Waals surface area contributed by atoms with Gasteiger partial charge in [-0.2, -0.15) is 0 Å². The van der Waals surface area contributed by atoms with E-state index in [0.717, 1.165) is 43.9 Å². The van der Waals surface area contributed by atoms with E-state index in [4.69, 9.17) is 8.83 Å². The van der Waals surface area contributed by atoms with Crippen LogP contribution in [0.15, 0.2) is 51.7 Å². The molecule has 0 saturated carbocycles. The summed E-state index contributed by atoms with van der Waals surface area (Å²) >= 11 is 0. The van der Waals surface area contributed by atoms with Gasteiger partial charge in [0, 0.05) is 12.5 Å². The molecule has 0 bridgehead atoms. The Bertz CT molecular complexity index is 769. The summed E-state index contributed by atoms with van der Waals surface area (Å²) in [6, 6.07) is 10.6. The van der Waals surface area contributed by atoms with Gasteiger partial charge in [0.25, 0.3) is 5.89 Å². The van der Waals surface area contributed by atoms with E-state index in [9.17, 15) is 0 Å². The molecule has 5 heteroatoms. The van der Waals surface area contributed by atoms with Gasteiger partial charge in [-0.3, -0.25) is 4.90 Å². The summed E-state index contributed by atoms with van der Waals surface area (Å²) in [5, 5.41) is 8.38. The number of hydrogen-bond acceptors (Lipinski definition) is 5. The third-order valence-corrected chi connectivity index (χ3v) is 4.67. The number of nitrogens with zero attached hydrogens (tertiary/aromatic N) is 3. The molecule has 1 aromatic carbocycles. The lowest BCUT2D eigenvalue weighted by Gasteiger charge is -2.30. The maximum atomic E-state index is 5.83. The van der Waals surface area contributed by atoms with Crippen LogP contribution in [0.1, 0.15) is 35.8 Å². The zero-order chi connectivity index (χ0) is 16.4. The van der Waals surface area contributed by atoms with Gasteiger partial charge in [0.1, 0.15) is 6.26 Å². The van der Waals surface area contributed by atoms with Gasteiger partial charge in [0.15, 0.2) is 0 Å². The highest BCUT2D eigenvalue weighted by Gasteiger charge is 2.25. The molecule has 1 saturated heterocycles. The van der Waals surface area contributed by atoms with E-state index >= 15 is 0 Å². The lowest BCUT2D eigenvalue weighted by molar-refractivity contribution is 0.193. The van der Waals surface area contributed by atoms with Gasteiger partial charge in [0.2, 0.25) is 5.89 Å². The topological polar surface area (TPSA) is 55.3 Å². The Morgan fingerprint density at radius 1 is 1.08 bits per heavy atom. The summed E-state index contributed by atoms with van der Waals surface area (Å²) in [7, 11) is 0. The first-order chi connectivity index (χ1) is 11.8. The van der Waals surface area contributed by atoms with Gasteiger partial charge in [-0.05, 0) is 44.5 Å². The van der Waals surface area contributed by atoms with Crippen molar-refractivity contribution in [3.63, 3.8) is 0 Å². The molecule has 0 amide bonds. The van der Waals surface area contributed by atoms with E-state index in [0.29, 0.717) is 11.8 Å². The Morgan fingerprint density at radius 2 is 1.88 bits per heavy atom. The van der Waals surface area contributed by atoms with Crippen molar-refractivity contribution in [1.82, 2.24) is 15.1 Å². The van der Waals surface area contributed by atoms with Crippen LogP contribution in [0.2, 0.25) is 0 Å². The molecule has 0 N–H and O–H groups in total. The Hall–Kier alpha value is -2.40. The second-order valence-electron chi connectivity index (χ2n) is 6.49. The number of aryl methyl sites for hydroxylation is 1. The number of hydrogen-bond donors (Lipinski definition) is 0. The summed E-state index contributed by atoms with van der Waals surface area (Å²) in [6.45, 7) is 5.25. The van der Waals surface area contributed by atoms with E-state index in [1.807, 2.05) is 6.07 Å². The minimum absolute atomic E-state index is 0.354. The fourth-order valence-electron chi connectivity index (χ4n) is 3.19. The maximum Gasteiger partial charge on any atom is 0.250 e. The average Bonchev–Trinajstić information content (AvgIpc) is 3.29. The SMILES string of the molecule is Cc1ccc(CN2CCC(c3nnc(-c4ccoc4)o3)CC2)cc1. The van der Waals surface area contributed by atoms with E-state index in [1.165, 1.54) is 11.1 Å². The van der Waals surface area contributed by atoms with Gasteiger partial charge in [-0.1, -0.05) is 29.8 Å². The van der Waals surface area contributed by atoms with E-state index < -0.39 is 0 Å². The van der Waals surface area contributed by atoms with Crippen molar-refractivity contribution in [2.75, 3.05) is 13.1 Å². The molecule has 5 nitrogen and oxygen atoms in total. The highest BCUT2D eigenvalue weighted by atomic mass is 16.4. The van der Waals surface area contributed by atoms with Crippen molar-refractivity contribution in [1.29, 1.82) is 0 Å². The molecular formula is C19H21N3O2. The minimum atomic E-state index is 0.354. The molecule has 124 valence electrons. The third kappa shape index (κ3) is 3.26. The predicted octanol–water partition coefficient (Wildman–Crippen LogP) is 4.02. The van der Waals surface area contributed by atoms with Crippen LogP contribution < -0.4 is 0 Å². The Morgan fingerprint density at radius 3 is 2.58 bits per heavy atom. The minimum Gasteiger partial charge on any atom is -0.472 e. The average molecular weight is 323 g/mol. The van der Waals surface area contributed by atoms with Crippen LogP contribution in [0, 0.1) is 6.92 Å². The molecule has 0 aliphatic carbocycles. The van der Waals surface area contributed by atoms with Crippen LogP contribution in [0.5, 0.6) is 0 Å². The van der Waals surface area contributed by atoms with E-state index in [2.05, 4.69) is 46.3 Å². The Balaban J connectivity index is 1.35. The summed E-state index contributed by atoms with van der Waals surface area (Å²) in [5.41, 5.74) is 3.52. The van der Waals surface area contributed by atoms with Crippen molar-refractivity contribution in [3.8, 4) is 11.5 Å². The molecule has 0 radical (unpaired) electrons. The highest BCUT2D eigenvalue weighted by Crippen LogP contribution is 2.29. The molecule has 3 aromatic rings. The molecule has 1 aliphatic heterocycles. The largest absolute Gasteiger partial charge is 0.472 e. The number of aromatic nitrogens is 2. The monoisotopic (exact) mass is 323 g/mol. The molecule has 24 heavy (non-hydrogen) atoms. The van der Waals surface area contributed by atoms with Crippen LogP contribution >= 0.6 is 0 Å². The normalized spacial score (nSPS) is 16.5. The predicted molar refractivity (Wildman–Crippen MR) is 90.4 cm³/mol. The number of furan rings is 1. The summed E-state index contributed by atoms with van der Waals surface area (Å²) in [4.78, 5) is 2.49. The van der Waals surface area contributed by atoms with Crippen LogP contribution in [-0.4, -0.2) is 28.2 Å². The number of rotatable bonds is 4. The van der Waals surface area contributed by atoms with Crippen LogP contribution in [0.4, 0.5) is 0 Å². The van der Waals surface area contributed by atoms with Crippen molar-refractivity contribution in [2.45, 2.75) is 32.2 Å². The van der Waals surface area contributed by atoms with Crippen molar-refractivity contribution in [2.24, 2.45) is 0 Å². The van der Waals surface area contributed by atoms with Crippen molar-refractivity contribution in [3.05, 3.63) is 59.9 Å². The van der Waals surface area contributed by atoms with E-state index in [1.54, 1.807) is 12.5 Å². The molecule has 2 aromatic heterocycles. The summed E-state index contributed by atoms with van der Waals surface area (Å²) in [5.74, 6) is 1.65. The first kappa shape index (κ1) is 15.1. The molecule has 1 aliphatic rings. The first-order valence-electron chi connectivity index (χ1n) is 8.42. The van der Waals surface area contributed by atoms with Gasteiger partial charge >= 0.3 is 0 Å². The van der Waals surface area contributed by atoms with E-state index in [-0.39, 0.29) is 0 Å². The summed E-state index contributed by atoms with van der Waals surface area (Å²) in [6.07, 6.45) is 5.35. The Kier molecular flexibility index (Phi) is 4.17. The van der Waals surface area contributed by atoms with Crippen LogP contribution in [0.25, 0.3) is 11.5 Å². The lowest BCUT2D eigenvalue weighted by Crippen LogP contribution is -2.32. The lowest BCUT2D eigenvalue weighted by atomic mass is 9.96. The fourth-order valence-corrected chi connectivity index (χ4v) is 3.19. The van der Waals surface area contributed by atoms with Crippen LogP contribution in [0.3, 0.4) is 0 Å². The van der Waals surface area contributed by atoms with Gasteiger partial charge in [-0.15, -0.1) is 10.2 Å². The molecule has 0 atom stereocenters. The fraction of sp³-hybridized carbons (Fsp3) is 0.368. The summed E-state index contributed by atoms with van der Waals surface area (Å²) < 4.78 is 10.9. The standard InChI is InChI=1S/C19H21N3O2/c1-14-2-4-15(5-3-14)12-22-9-6-16(7-10-22)18-20-21-19(24-18)17-8-11-23-13-17/h2-5,8,11,13,16H,6-7,9-10,12H2,1H3. The molecule has 0 unspecified atom stereocenters. The van der Waals surface area contributed by atoms with Gasteiger partial charge in [0.05, 0.1) is 11.8 Å². The smallest absolute Gasteiger partial charge is 0.250 e. The van der Waals surface area contributed by atoms with Gasteiger partial charge < -0.3 is 8.83 Å². The van der Waals surface area contributed by atoms with Gasteiger partial charge in [-0.25, -0.2) is 0 Å². The first-order valence-corrected chi connectivity index (χ1v) is 8.42. The molecular weight excluding hydrogens is 302 g/mol. The third-order valence-electron chi connectivity index (χ3n) is 4.67. The van der Waals surface area contributed by atoms with Crippen molar-refractivity contribution >= 4 is 0 Å². The second-order valence-corrected chi connectivity index (χ2v) is 6.49. The Labute approximate surface area is 141 Å². The zero-order valence-corrected chi connectivity index (χ0v) is 13.8. The molecule has 4 rings (SSSR count). The second kappa shape index (κ2) is 6.61. The number of piperidine rings is 1.